The number of H-pyrrole nitrogens is 1. The minimum absolute atomic E-state index is 0.120. The Morgan fingerprint density at radius 2 is 2.03 bits per heavy atom. The molecule has 2 N–H and O–H groups in total. The molecule has 33 heavy (non-hydrogen) atoms. The molecule has 3 aromatic rings. The van der Waals surface area contributed by atoms with Crippen LogP contribution in [0, 0.1) is 5.82 Å². The first-order valence-corrected chi connectivity index (χ1v) is 9.83. The van der Waals surface area contributed by atoms with Crippen molar-refractivity contribution in [2.75, 3.05) is 6.61 Å². The van der Waals surface area contributed by atoms with E-state index in [2.05, 4.69) is 20.0 Å². The number of fused-ring (bicyclic) bond motifs is 1. The molecule has 1 aromatic carbocycles. The molecule has 1 atom stereocenters. The Balaban J connectivity index is 1.84. The lowest BCUT2D eigenvalue weighted by Crippen LogP contribution is -2.47. The number of halogens is 4. The lowest BCUT2D eigenvalue weighted by Gasteiger charge is -2.34. The number of aromatic amines is 1. The number of nitrogens with one attached hydrogen (secondary N) is 2. The molecule has 1 aliphatic heterocycles. The zero-order valence-electron chi connectivity index (χ0n) is 16.9. The Labute approximate surface area is 184 Å². The first kappa shape index (κ1) is 22.3. The maximum absolute atomic E-state index is 14.7. The zero-order chi connectivity index (χ0) is 23.6. The fourth-order valence-corrected chi connectivity index (χ4v) is 3.73. The van der Waals surface area contributed by atoms with Gasteiger partial charge in [0, 0.05) is 18.5 Å². The molecule has 11 heteroatoms. The largest absolute Gasteiger partial charge is 0.573 e. The number of amides is 1. The van der Waals surface area contributed by atoms with E-state index in [4.69, 9.17) is 4.74 Å². The third-order valence-electron chi connectivity index (χ3n) is 5.15. The van der Waals surface area contributed by atoms with Crippen molar-refractivity contribution in [1.82, 2.24) is 15.3 Å². The molecule has 1 unspecified atom stereocenters. The van der Waals surface area contributed by atoms with Crippen molar-refractivity contribution in [3.8, 4) is 11.5 Å². The summed E-state index contributed by atoms with van der Waals surface area (Å²) in [6.45, 7) is 0.284. The van der Waals surface area contributed by atoms with E-state index in [1.54, 1.807) is 12.1 Å². The van der Waals surface area contributed by atoms with Crippen LogP contribution in [0.5, 0.6) is 11.5 Å². The van der Waals surface area contributed by atoms with E-state index in [1.807, 2.05) is 0 Å². The molecule has 1 aliphatic rings. The highest BCUT2D eigenvalue weighted by Crippen LogP contribution is 2.41. The standard InChI is InChI=1S/C22H17F4N3O4/c23-15-11-14(5-6-16(15)33-22(24,25)26)21(29-20(31)13-4-7-18(30)28-12-13)8-2-10-32-17-3-1-9-27-19(17)21/h1,3-7,9,11-12H,2,8,10H2,(H,28,30)(H,29,31). The maximum atomic E-state index is 14.7. The Kier molecular flexibility index (Phi) is 5.79. The van der Waals surface area contributed by atoms with Gasteiger partial charge < -0.3 is 19.8 Å². The second-order valence-electron chi connectivity index (χ2n) is 7.30. The molecule has 0 aliphatic carbocycles. The van der Waals surface area contributed by atoms with Gasteiger partial charge in [-0.2, -0.15) is 0 Å². The van der Waals surface area contributed by atoms with Crippen LogP contribution in [-0.4, -0.2) is 28.8 Å². The van der Waals surface area contributed by atoms with Gasteiger partial charge in [-0.3, -0.25) is 14.6 Å². The zero-order valence-corrected chi connectivity index (χ0v) is 16.9. The van der Waals surface area contributed by atoms with Crippen LogP contribution in [0.4, 0.5) is 17.6 Å². The van der Waals surface area contributed by atoms with Crippen molar-refractivity contribution in [3.05, 3.63) is 87.9 Å². The average molecular weight is 463 g/mol. The first-order chi connectivity index (χ1) is 15.7. The van der Waals surface area contributed by atoms with E-state index < -0.39 is 34.9 Å². The number of ether oxygens (including phenoxy) is 2. The molecule has 0 fully saturated rings. The van der Waals surface area contributed by atoms with E-state index in [1.165, 1.54) is 30.6 Å². The fourth-order valence-electron chi connectivity index (χ4n) is 3.73. The molecule has 0 spiro atoms. The van der Waals surface area contributed by atoms with Crippen molar-refractivity contribution in [3.63, 3.8) is 0 Å². The summed E-state index contributed by atoms with van der Waals surface area (Å²) in [5, 5.41) is 2.84. The van der Waals surface area contributed by atoms with Crippen LogP contribution in [0.3, 0.4) is 0 Å². The van der Waals surface area contributed by atoms with Crippen LogP contribution in [-0.2, 0) is 5.54 Å². The van der Waals surface area contributed by atoms with Gasteiger partial charge in [0.15, 0.2) is 11.6 Å². The fraction of sp³-hybridized carbons (Fsp3) is 0.227. The van der Waals surface area contributed by atoms with Crippen LogP contribution in [0.1, 0.15) is 34.5 Å². The summed E-state index contributed by atoms with van der Waals surface area (Å²) in [6, 6.07) is 8.70. The summed E-state index contributed by atoms with van der Waals surface area (Å²) in [5.74, 6) is -2.53. The van der Waals surface area contributed by atoms with Gasteiger partial charge in [-0.25, -0.2) is 4.39 Å². The maximum Gasteiger partial charge on any atom is 0.573 e. The van der Waals surface area contributed by atoms with Crippen LogP contribution >= 0.6 is 0 Å². The molecule has 2 aromatic heterocycles. The van der Waals surface area contributed by atoms with Crippen molar-refractivity contribution in [2.24, 2.45) is 0 Å². The Morgan fingerprint density at radius 1 is 1.21 bits per heavy atom. The van der Waals surface area contributed by atoms with Gasteiger partial charge in [-0.05, 0) is 48.7 Å². The summed E-state index contributed by atoms with van der Waals surface area (Å²) in [4.78, 5) is 31.2. The monoisotopic (exact) mass is 463 g/mol. The highest BCUT2D eigenvalue weighted by atomic mass is 19.4. The van der Waals surface area contributed by atoms with E-state index >= 15 is 0 Å². The molecular formula is C22H17F4N3O4. The van der Waals surface area contributed by atoms with Gasteiger partial charge in [0.05, 0.1) is 12.2 Å². The predicted molar refractivity (Wildman–Crippen MR) is 107 cm³/mol. The first-order valence-electron chi connectivity index (χ1n) is 9.83. The molecule has 172 valence electrons. The van der Waals surface area contributed by atoms with Gasteiger partial charge >= 0.3 is 6.36 Å². The number of rotatable bonds is 4. The second-order valence-corrected chi connectivity index (χ2v) is 7.30. The van der Waals surface area contributed by atoms with Crippen LogP contribution in [0.2, 0.25) is 0 Å². The Hall–Kier alpha value is -3.89. The summed E-state index contributed by atoms with van der Waals surface area (Å²) in [7, 11) is 0. The van der Waals surface area contributed by atoms with E-state index in [0.29, 0.717) is 12.2 Å². The van der Waals surface area contributed by atoms with Crippen LogP contribution in [0.15, 0.2) is 59.7 Å². The molecule has 0 saturated carbocycles. The Morgan fingerprint density at radius 3 is 2.73 bits per heavy atom. The third kappa shape index (κ3) is 4.66. The normalized spacial score (nSPS) is 17.9. The number of nitrogens with zero attached hydrogens (tertiary/aromatic N) is 1. The average Bonchev–Trinajstić information content (AvgIpc) is 2.95. The summed E-state index contributed by atoms with van der Waals surface area (Å²) in [5.41, 5.74) is -1.30. The smallest absolute Gasteiger partial charge is 0.492 e. The lowest BCUT2D eigenvalue weighted by molar-refractivity contribution is -0.275. The van der Waals surface area contributed by atoms with E-state index in [-0.39, 0.29) is 29.8 Å². The summed E-state index contributed by atoms with van der Waals surface area (Å²) in [6.07, 6.45) is -1.75. The Bertz CT molecular complexity index is 1220. The minimum Gasteiger partial charge on any atom is -0.492 e. The van der Waals surface area contributed by atoms with E-state index in [9.17, 15) is 27.2 Å². The number of benzene rings is 1. The number of aromatic nitrogens is 2. The van der Waals surface area contributed by atoms with Crippen LogP contribution < -0.4 is 20.3 Å². The van der Waals surface area contributed by atoms with Crippen molar-refractivity contribution < 1.29 is 31.8 Å². The van der Waals surface area contributed by atoms with Gasteiger partial charge in [0.1, 0.15) is 17.0 Å². The molecule has 0 saturated heterocycles. The highest BCUT2D eigenvalue weighted by Gasteiger charge is 2.42. The molecule has 1 amide bonds. The van der Waals surface area contributed by atoms with E-state index in [0.717, 1.165) is 12.1 Å². The number of carbonyl (C=O) groups excluding carboxylic acids is 1. The second kappa shape index (κ2) is 8.57. The van der Waals surface area contributed by atoms with Gasteiger partial charge in [-0.15, -0.1) is 13.2 Å². The molecule has 0 radical (unpaired) electrons. The SMILES string of the molecule is O=C(NC1(c2ccc(OC(F)(F)F)c(F)c2)CCCOc2cccnc21)c1ccc(=O)[nH]c1. The van der Waals surface area contributed by atoms with Crippen molar-refractivity contribution >= 4 is 5.91 Å². The topological polar surface area (TPSA) is 93.3 Å². The highest BCUT2D eigenvalue weighted by molar-refractivity contribution is 5.94. The number of alkyl halides is 3. The quantitative estimate of drug-likeness (QED) is 0.577. The van der Waals surface area contributed by atoms with Gasteiger partial charge in [-0.1, -0.05) is 6.07 Å². The predicted octanol–water partition coefficient (Wildman–Crippen LogP) is 3.65. The molecule has 0 bridgehead atoms. The summed E-state index contributed by atoms with van der Waals surface area (Å²) < 4.78 is 61.9. The molecule has 4 rings (SSSR count). The number of pyridine rings is 2. The van der Waals surface area contributed by atoms with Crippen molar-refractivity contribution in [1.29, 1.82) is 0 Å². The van der Waals surface area contributed by atoms with Crippen LogP contribution in [0.25, 0.3) is 0 Å². The lowest BCUT2D eigenvalue weighted by atomic mass is 9.81. The number of carbonyl (C=O) groups is 1. The van der Waals surface area contributed by atoms with Crippen molar-refractivity contribution in [2.45, 2.75) is 24.7 Å². The number of hydrogen-bond donors (Lipinski definition) is 2. The van der Waals surface area contributed by atoms with Gasteiger partial charge in [0.25, 0.3) is 5.91 Å². The molecular weight excluding hydrogens is 446 g/mol. The molecule has 7 nitrogen and oxygen atoms in total. The molecule has 3 heterocycles. The third-order valence-corrected chi connectivity index (χ3v) is 5.15. The number of hydrogen-bond acceptors (Lipinski definition) is 5. The van der Waals surface area contributed by atoms with Gasteiger partial charge in [0.2, 0.25) is 5.56 Å². The summed E-state index contributed by atoms with van der Waals surface area (Å²) >= 11 is 0. The minimum atomic E-state index is -5.07.